The molecule has 2 rings (SSSR count). The van der Waals surface area contributed by atoms with Crippen LogP contribution in [0.4, 0.5) is 0 Å². The molecule has 1 atom stereocenters. The summed E-state index contributed by atoms with van der Waals surface area (Å²) >= 11 is 0. The number of hydrogen-bond acceptors (Lipinski definition) is 1. The number of nitrogens with zero attached hydrogens (tertiary/aromatic N) is 1. The molecule has 0 aromatic heterocycles. The van der Waals surface area contributed by atoms with Crippen LogP contribution in [-0.2, 0) is 0 Å². The third-order valence-corrected chi connectivity index (χ3v) is 4.73. The summed E-state index contributed by atoms with van der Waals surface area (Å²) in [6.45, 7) is 4.24. The highest BCUT2D eigenvalue weighted by Gasteiger charge is 2.28. The Kier molecular flexibility index (Phi) is 4.66. The van der Waals surface area contributed by atoms with E-state index in [-0.39, 0.29) is 5.92 Å². The fourth-order valence-corrected chi connectivity index (χ4v) is 3.71. The Hall–Kier alpha value is -0.770. The maximum atomic E-state index is 9.38. The molecule has 0 bridgehead atoms. The SMILES string of the molecule is C=C(CC1CCCCC1)[C@H](C#N)C1CCCC1. The van der Waals surface area contributed by atoms with Crippen LogP contribution in [0.3, 0.4) is 0 Å². The van der Waals surface area contributed by atoms with Crippen LogP contribution >= 0.6 is 0 Å². The highest BCUT2D eigenvalue weighted by Crippen LogP contribution is 2.38. The molecule has 0 heterocycles. The molecule has 0 aliphatic heterocycles. The summed E-state index contributed by atoms with van der Waals surface area (Å²) in [6, 6.07) is 2.53. The highest BCUT2D eigenvalue weighted by molar-refractivity contribution is 5.13. The van der Waals surface area contributed by atoms with Crippen molar-refractivity contribution in [2.24, 2.45) is 17.8 Å². The highest BCUT2D eigenvalue weighted by atomic mass is 14.4. The van der Waals surface area contributed by atoms with E-state index in [2.05, 4.69) is 12.6 Å². The lowest BCUT2D eigenvalue weighted by atomic mass is 9.78. The second kappa shape index (κ2) is 6.24. The van der Waals surface area contributed by atoms with E-state index in [0.717, 1.165) is 12.3 Å². The van der Waals surface area contributed by atoms with Crippen LogP contribution in [0, 0.1) is 29.1 Å². The van der Waals surface area contributed by atoms with E-state index < -0.39 is 0 Å². The molecule has 0 N–H and O–H groups in total. The third-order valence-electron chi connectivity index (χ3n) is 4.73. The predicted octanol–water partition coefficient (Wildman–Crippen LogP) is 4.84. The Morgan fingerprint density at radius 2 is 1.65 bits per heavy atom. The van der Waals surface area contributed by atoms with Gasteiger partial charge in [0.2, 0.25) is 0 Å². The van der Waals surface area contributed by atoms with Crippen molar-refractivity contribution >= 4 is 0 Å². The van der Waals surface area contributed by atoms with Crippen molar-refractivity contribution in [1.29, 1.82) is 5.26 Å². The largest absolute Gasteiger partial charge is 0.198 e. The zero-order chi connectivity index (χ0) is 12.1. The molecular formula is C16H25N. The summed E-state index contributed by atoms with van der Waals surface area (Å²) in [5.74, 6) is 1.60. The third kappa shape index (κ3) is 3.35. The minimum atomic E-state index is 0.152. The van der Waals surface area contributed by atoms with Crippen molar-refractivity contribution in [2.45, 2.75) is 64.2 Å². The van der Waals surface area contributed by atoms with Crippen LogP contribution < -0.4 is 0 Å². The van der Waals surface area contributed by atoms with Crippen molar-refractivity contribution in [3.05, 3.63) is 12.2 Å². The zero-order valence-corrected chi connectivity index (χ0v) is 11.0. The first-order chi connectivity index (χ1) is 8.31. The molecule has 0 spiro atoms. The van der Waals surface area contributed by atoms with Gasteiger partial charge in [0.25, 0.3) is 0 Å². The Balaban J connectivity index is 1.86. The Labute approximate surface area is 106 Å². The molecule has 2 fully saturated rings. The molecular weight excluding hydrogens is 206 g/mol. The zero-order valence-electron chi connectivity index (χ0n) is 11.0. The van der Waals surface area contributed by atoms with E-state index in [1.165, 1.54) is 63.4 Å². The number of rotatable bonds is 4. The molecule has 0 aromatic rings. The maximum Gasteiger partial charge on any atom is 0.0703 e. The minimum absolute atomic E-state index is 0.152. The first kappa shape index (κ1) is 12.7. The standard InChI is InChI=1S/C16H25N/c1-13(11-14-7-3-2-4-8-14)16(12-17)15-9-5-6-10-15/h14-16H,1-11H2/t16-/m0/s1. The van der Waals surface area contributed by atoms with Gasteiger partial charge >= 0.3 is 0 Å². The molecule has 1 nitrogen and oxygen atoms in total. The van der Waals surface area contributed by atoms with Crippen molar-refractivity contribution in [3.8, 4) is 6.07 Å². The topological polar surface area (TPSA) is 23.8 Å². The lowest BCUT2D eigenvalue weighted by molar-refractivity contribution is 0.339. The lowest BCUT2D eigenvalue weighted by Gasteiger charge is -2.26. The van der Waals surface area contributed by atoms with E-state index in [0.29, 0.717) is 5.92 Å². The van der Waals surface area contributed by atoms with Crippen molar-refractivity contribution < 1.29 is 0 Å². The Bertz CT molecular complexity index is 287. The molecule has 0 aromatic carbocycles. The Morgan fingerprint density at radius 1 is 1.06 bits per heavy atom. The minimum Gasteiger partial charge on any atom is -0.198 e. The van der Waals surface area contributed by atoms with Gasteiger partial charge in [-0.3, -0.25) is 0 Å². The van der Waals surface area contributed by atoms with Crippen LogP contribution in [0.2, 0.25) is 0 Å². The van der Waals surface area contributed by atoms with E-state index in [1.54, 1.807) is 0 Å². The molecule has 2 aliphatic carbocycles. The lowest BCUT2D eigenvalue weighted by Crippen LogP contribution is -2.16. The predicted molar refractivity (Wildman–Crippen MR) is 71.4 cm³/mol. The quantitative estimate of drug-likeness (QED) is 0.635. The van der Waals surface area contributed by atoms with Crippen LogP contribution in [0.15, 0.2) is 12.2 Å². The summed E-state index contributed by atoms with van der Waals surface area (Å²) in [6.07, 6.45) is 13.2. The molecule has 94 valence electrons. The van der Waals surface area contributed by atoms with Gasteiger partial charge in [0.15, 0.2) is 0 Å². The van der Waals surface area contributed by atoms with Crippen LogP contribution in [-0.4, -0.2) is 0 Å². The van der Waals surface area contributed by atoms with E-state index in [4.69, 9.17) is 0 Å². The molecule has 0 saturated heterocycles. The molecule has 1 heteroatoms. The number of allylic oxidation sites excluding steroid dienone is 1. The summed E-state index contributed by atoms with van der Waals surface area (Å²) in [5.41, 5.74) is 1.24. The molecule has 17 heavy (non-hydrogen) atoms. The van der Waals surface area contributed by atoms with Gasteiger partial charge in [0.1, 0.15) is 0 Å². The summed E-state index contributed by atoms with van der Waals surface area (Å²) in [4.78, 5) is 0. The van der Waals surface area contributed by atoms with Crippen molar-refractivity contribution in [3.63, 3.8) is 0 Å². The summed E-state index contributed by atoms with van der Waals surface area (Å²) < 4.78 is 0. The molecule has 0 amide bonds. The van der Waals surface area contributed by atoms with Gasteiger partial charge in [-0.15, -0.1) is 0 Å². The van der Waals surface area contributed by atoms with Crippen molar-refractivity contribution in [2.75, 3.05) is 0 Å². The van der Waals surface area contributed by atoms with E-state index >= 15 is 0 Å². The molecule has 2 aliphatic rings. The average molecular weight is 231 g/mol. The second-order valence-electron chi connectivity index (χ2n) is 6.02. The van der Waals surface area contributed by atoms with E-state index in [9.17, 15) is 5.26 Å². The molecule has 0 unspecified atom stereocenters. The monoisotopic (exact) mass is 231 g/mol. The number of hydrogen-bond donors (Lipinski definition) is 0. The van der Waals surface area contributed by atoms with Gasteiger partial charge in [-0.25, -0.2) is 0 Å². The molecule has 0 radical (unpaired) electrons. The normalized spacial score (nSPS) is 24.4. The van der Waals surface area contributed by atoms with Crippen molar-refractivity contribution in [1.82, 2.24) is 0 Å². The number of nitriles is 1. The van der Waals surface area contributed by atoms with Gasteiger partial charge in [-0.1, -0.05) is 57.1 Å². The first-order valence-corrected chi connectivity index (χ1v) is 7.38. The van der Waals surface area contributed by atoms with Crippen LogP contribution in [0.1, 0.15) is 64.2 Å². The average Bonchev–Trinajstić information content (AvgIpc) is 2.85. The van der Waals surface area contributed by atoms with Gasteiger partial charge < -0.3 is 0 Å². The van der Waals surface area contributed by atoms with Crippen LogP contribution in [0.25, 0.3) is 0 Å². The smallest absolute Gasteiger partial charge is 0.0703 e. The molecule has 2 saturated carbocycles. The van der Waals surface area contributed by atoms with Gasteiger partial charge in [0, 0.05) is 0 Å². The van der Waals surface area contributed by atoms with Crippen LogP contribution in [0.5, 0.6) is 0 Å². The van der Waals surface area contributed by atoms with Gasteiger partial charge in [-0.2, -0.15) is 5.26 Å². The second-order valence-corrected chi connectivity index (χ2v) is 6.02. The van der Waals surface area contributed by atoms with E-state index in [1.807, 2.05) is 0 Å². The Morgan fingerprint density at radius 3 is 2.24 bits per heavy atom. The summed E-state index contributed by atoms with van der Waals surface area (Å²) in [5, 5.41) is 9.38. The maximum absolute atomic E-state index is 9.38. The van der Waals surface area contributed by atoms with Gasteiger partial charge in [0.05, 0.1) is 12.0 Å². The fraction of sp³-hybridized carbons (Fsp3) is 0.812. The summed E-state index contributed by atoms with van der Waals surface area (Å²) in [7, 11) is 0. The van der Waals surface area contributed by atoms with Gasteiger partial charge in [-0.05, 0) is 31.1 Å². The fourth-order valence-electron chi connectivity index (χ4n) is 3.71. The first-order valence-electron chi connectivity index (χ1n) is 7.38.